The van der Waals surface area contributed by atoms with E-state index in [1.165, 1.54) is 60.1 Å². The lowest BCUT2D eigenvalue weighted by Gasteiger charge is -2.38. The fourth-order valence-corrected chi connectivity index (χ4v) is 12.1. The molecule has 0 aliphatic heterocycles. The lowest BCUT2D eigenvalue weighted by Crippen LogP contribution is -2.69. The standard InChI is InChI=1S/C35H36Si/c1-24-15-25(2)19-31(18-24)36(32-20-26(3)16-27(4)21-32,33-22-28(5)17-29(6)23-33)35-14-10-13-34(35)30-11-8-7-9-12-30/h7-13,15-23H,14H2,1-6H3. The summed E-state index contributed by atoms with van der Waals surface area (Å²) in [5.41, 5.74) is 10.7. The maximum atomic E-state index is 2.47. The molecule has 0 saturated carbocycles. The molecule has 0 spiro atoms. The minimum Gasteiger partial charge on any atom is -0.0802 e. The van der Waals surface area contributed by atoms with E-state index < -0.39 is 8.07 Å². The molecule has 0 nitrogen and oxygen atoms in total. The third kappa shape index (κ3) is 4.33. The molecule has 0 aromatic heterocycles. The highest BCUT2D eigenvalue weighted by Crippen LogP contribution is 2.35. The van der Waals surface area contributed by atoms with Crippen molar-refractivity contribution < 1.29 is 0 Å². The summed E-state index contributed by atoms with van der Waals surface area (Å²) < 4.78 is 0. The number of aryl methyl sites for hydroxylation is 6. The summed E-state index contributed by atoms with van der Waals surface area (Å²) in [4.78, 5) is 0. The van der Waals surface area contributed by atoms with Crippen LogP contribution in [0, 0.1) is 41.5 Å². The van der Waals surface area contributed by atoms with Crippen molar-refractivity contribution in [3.05, 3.63) is 141 Å². The van der Waals surface area contributed by atoms with Crippen LogP contribution < -0.4 is 15.6 Å². The van der Waals surface area contributed by atoms with Crippen molar-refractivity contribution in [2.75, 3.05) is 0 Å². The smallest absolute Gasteiger partial charge is 0.0802 e. The summed E-state index contributed by atoms with van der Waals surface area (Å²) in [5.74, 6) is 0. The first-order valence-corrected chi connectivity index (χ1v) is 15.0. The van der Waals surface area contributed by atoms with Crippen LogP contribution in [-0.4, -0.2) is 8.07 Å². The van der Waals surface area contributed by atoms with Gasteiger partial charge in [0.25, 0.3) is 0 Å². The van der Waals surface area contributed by atoms with Crippen molar-refractivity contribution in [1.29, 1.82) is 0 Å². The zero-order valence-electron chi connectivity index (χ0n) is 22.4. The van der Waals surface area contributed by atoms with Crippen LogP contribution in [0.4, 0.5) is 0 Å². The highest BCUT2D eigenvalue weighted by Gasteiger charge is 2.45. The molecule has 0 atom stereocenters. The van der Waals surface area contributed by atoms with Gasteiger partial charge in [-0.15, -0.1) is 0 Å². The Hall–Kier alpha value is -3.42. The predicted molar refractivity (Wildman–Crippen MR) is 160 cm³/mol. The van der Waals surface area contributed by atoms with Crippen LogP contribution in [0.1, 0.15) is 45.4 Å². The van der Waals surface area contributed by atoms with Crippen LogP contribution >= 0.6 is 0 Å². The van der Waals surface area contributed by atoms with E-state index in [1.54, 1.807) is 5.20 Å². The van der Waals surface area contributed by atoms with E-state index in [2.05, 4.69) is 139 Å². The average Bonchev–Trinajstić information content (AvgIpc) is 3.28. The molecular formula is C35H36Si. The van der Waals surface area contributed by atoms with Gasteiger partial charge in [0, 0.05) is 0 Å². The van der Waals surface area contributed by atoms with Gasteiger partial charge in [-0.05, 0) is 74.7 Å². The van der Waals surface area contributed by atoms with Crippen molar-refractivity contribution in [3.63, 3.8) is 0 Å². The first-order valence-electron chi connectivity index (χ1n) is 13.0. The van der Waals surface area contributed by atoms with Crippen molar-refractivity contribution in [3.8, 4) is 0 Å². The molecule has 1 aliphatic carbocycles. The van der Waals surface area contributed by atoms with Gasteiger partial charge in [-0.2, -0.15) is 0 Å². The van der Waals surface area contributed by atoms with E-state index in [1.807, 2.05) is 0 Å². The zero-order chi connectivity index (χ0) is 25.4. The summed E-state index contributed by atoms with van der Waals surface area (Å²) in [6, 6.07) is 32.8. The Morgan fingerprint density at radius 1 is 0.500 bits per heavy atom. The van der Waals surface area contributed by atoms with Crippen molar-refractivity contribution in [1.82, 2.24) is 0 Å². The maximum absolute atomic E-state index is 2.61. The third-order valence-corrected chi connectivity index (χ3v) is 12.3. The maximum Gasteiger partial charge on any atom is 0.176 e. The largest absolute Gasteiger partial charge is 0.176 e. The van der Waals surface area contributed by atoms with Gasteiger partial charge in [0.1, 0.15) is 0 Å². The molecule has 36 heavy (non-hydrogen) atoms. The third-order valence-electron chi connectivity index (χ3n) is 7.43. The molecule has 0 amide bonds. The minimum absolute atomic E-state index is 0.990. The molecule has 0 radical (unpaired) electrons. The lowest BCUT2D eigenvalue weighted by atomic mass is 10.1. The van der Waals surface area contributed by atoms with Gasteiger partial charge in [0.15, 0.2) is 8.07 Å². The summed E-state index contributed by atoms with van der Waals surface area (Å²) in [5, 5.41) is 6.06. The van der Waals surface area contributed by atoms with E-state index in [-0.39, 0.29) is 0 Å². The zero-order valence-corrected chi connectivity index (χ0v) is 23.4. The minimum atomic E-state index is -2.61. The van der Waals surface area contributed by atoms with E-state index in [9.17, 15) is 0 Å². The van der Waals surface area contributed by atoms with Crippen LogP contribution in [0.25, 0.3) is 5.57 Å². The van der Waals surface area contributed by atoms with Gasteiger partial charge in [0.2, 0.25) is 0 Å². The Morgan fingerprint density at radius 2 is 0.889 bits per heavy atom. The second kappa shape index (κ2) is 9.56. The molecule has 4 aromatic carbocycles. The molecule has 180 valence electrons. The number of hydrogen-bond acceptors (Lipinski definition) is 0. The molecule has 0 bridgehead atoms. The highest BCUT2D eigenvalue weighted by molar-refractivity contribution is 7.16. The number of hydrogen-bond donors (Lipinski definition) is 0. The first-order chi connectivity index (χ1) is 17.3. The Bertz CT molecular complexity index is 1320. The molecule has 0 heterocycles. The molecule has 0 unspecified atom stereocenters. The van der Waals surface area contributed by atoms with Gasteiger partial charge >= 0.3 is 0 Å². The van der Waals surface area contributed by atoms with E-state index in [0.717, 1.165) is 6.42 Å². The van der Waals surface area contributed by atoms with Gasteiger partial charge in [-0.25, -0.2) is 0 Å². The van der Waals surface area contributed by atoms with E-state index in [0.29, 0.717) is 0 Å². The molecule has 1 heteroatoms. The quantitative estimate of drug-likeness (QED) is 0.212. The monoisotopic (exact) mass is 484 g/mol. The van der Waals surface area contributed by atoms with Crippen LogP contribution in [0.15, 0.2) is 102 Å². The topological polar surface area (TPSA) is 0 Å². The lowest BCUT2D eigenvalue weighted by molar-refractivity contribution is 1.34. The number of allylic oxidation sites excluding steroid dienone is 4. The van der Waals surface area contributed by atoms with Crippen LogP contribution in [-0.2, 0) is 0 Å². The van der Waals surface area contributed by atoms with Gasteiger partial charge in [-0.1, -0.05) is 136 Å². The summed E-state index contributed by atoms with van der Waals surface area (Å²) in [6.45, 7) is 13.5. The van der Waals surface area contributed by atoms with Crippen LogP contribution in [0.3, 0.4) is 0 Å². The molecule has 0 saturated heterocycles. The molecule has 5 rings (SSSR count). The second-order valence-electron chi connectivity index (χ2n) is 10.7. The fraction of sp³-hybridized carbons (Fsp3) is 0.200. The number of benzene rings is 4. The van der Waals surface area contributed by atoms with Crippen LogP contribution in [0.5, 0.6) is 0 Å². The first kappa shape index (κ1) is 24.3. The Kier molecular flexibility index (Phi) is 6.45. The molecular weight excluding hydrogens is 448 g/mol. The summed E-state index contributed by atoms with van der Waals surface area (Å²) in [6.07, 6.45) is 5.75. The average molecular weight is 485 g/mol. The normalized spacial score (nSPS) is 13.5. The van der Waals surface area contributed by atoms with Crippen molar-refractivity contribution >= 4 is 29.2 Å². The number of rotatable bonds is 5. The van der Waals surface area contributed by atoms with Crippen molar-refractivity contribution in [2.45, 2.75) is 48.0 Å². The second-order valence-corrected chi connectivity index (χ2v) is 14.6. The Balaban J connectivity index is 2.00. The molecule has 4 aromatic rings. The molecule has 0 N–H and O–H groups in total. The molecule has 1 aliphatic rings. The molecule has 0 fully saturated rings. The van der Waals surface area contributed by atoms with Gasteiger partial charge in [0.05, 0.1) is 0 Å². The van der Waals surface area contributed by atoms with Gasteiger partial charge < -0.3 is 0 Å². The summed E-state index contributed by atoms with van der Waals surface area (Å²) >= 11 is 0. The van der Waals surface area contributed by atoms with Crippen molar-refractivity contribution in [2.24, 2.45) is 0 Å². The van der Waals surface area contributed by atoms with Crippen LogP contribution in [0.2, 0.25) is 0 Å². The highest BCUT2D eigenvalue weighted by atomic mass is 28.3. The van der Waals surface area contributed by atoms with Gasteiger partial charge in [-0.3, -0.25) is 0 Å². The fourth-order valence-electron chi connectivity index (χ4n) is 6.34. The predicted octanol–water partition coefficient (Wildman–Crippen LogP) is 6.96. The Morgan fingerprint density at radius 3 is 1.28 bits per heavy atom. The SMILES string of the molecule is Cc1cc(C)cc([Si](C2=C(c3ccccc3)C=CC2)(c2cc(C)cc(C)c2)c2cc(C)cc(C)c2)c1. The van der Waals surface area contributed by atoms with E-state index >= 15 is 0 Å². The summed E-state index contributed by atoms with van der Waals surface area (Å²) in [7, 11) is -2.61. The van der Waals surface area contributed by atoms with E-state index in [4.69, 9.17) is 0 Å². The Labute approximate surface area is 218 Å².